The van der Waals surface area contributed by atoms with Crippen molar-refractivity contribution in [2.24, 2.45) is 0 Å². The largest absolute Gasteiger partial charge is 0.454 e. The van der Waals surface area contributed by atoms with Crippen molar-refractivity contribution in [2.75, 3.05) is 12.1 Å². The van der Waals surface area contributed by atoms with E-state index in [0.29, 0.717) is 33.3 Å². The van der Waals surface area contributed by atoms with Gasteiger partial charge in [0.05, 0.1) is 0 Å². The molecule has 7 heteroatoms. The number of hydrogen-bond acceptors (Lipinski definition) is 5. The second-order valence-electron chi connectivity index (χ2n) is 3.95. The first-order chi connectivity index (χ1) is 9.13. The minimum absolute atomic E-state index is 0.234. The Morgan fingerprint density at radius 1 is 1.11 bits per heavy atom. The molecule has 1 aliphatic heterocycles. The zero-order valence-corrected chi connectivity index (χ0v) is 11.4. The summed E-state index contributed by atoms with van der Waals surface area (Å²) in [5.74, 6) is 1.72. The van der Waals surface area contributed by atoms with Gasteiger partial charge in [-0.25, -0.2) is 9.97 Å². The van der Waals surface area contributed by atoms with Gasteiger partial charge in [-0.2, -0.15) is 0 Å². The van der Waals surface area contributed by atoms with Crippen molar-refractivity contribution in [1.29, 1.82) is 0 Å². The van der Waals surface area contributed by atoms with E-state index in [4.69, 9.17) is 32.7 Å². The average Bonchev–Trinajstić information content (AvgIpc) is 2.83. The lowest BCUT2D eigenvalue weighted by Crippen LogP contribution is -1.99. The summed E-state index contributed by atoms with van der Waals surface area (Å²) in [5, 5.41) is 3.66. The smallest absolute Gasteiger partial charge is 0.231 e. The van der Waals surface area contributed by atoms with Crippen LogP contribution in [0.4, 0.5) is 11.6 Å². The molecule has 0 unspecified atom stereocenters. The third-order valence-electron chi connectivity index (χ3n) is 2.66. The highest BCUT2D eigenvalue weighted by Crippen LogP contribution is 2.35. The highest BCUT2D eigenvalue weighted by molar-refractivity contribution is 6.34. The number of ether oxygens (including phenoxy) is 2. The first-order valence-electron chi connectivity index (χ1n) is 5.50. The van der Waals surface area contributed by atoms with Crippen LogP contribution >= 0.6 is 23.2 Å². The van der Waals surface area contributed by atoms with E-state index in [1.54, 1.807) is 13.0 Å². The Morgan fingerprint density at radius 3 is 2.53 bits per heavy atom. The predicted octanol–water partition coefficient (Wildman–Crippen LogP) is 3.56. The van der Waals surface area contributed by atoms with E-state index < -0.39 is 0 Å². The minimum Gasteiger partial charge on any atom is -0.454 e. The van der Waals surface area contributed by atoms with Crippen molar-refractivity contribution in [3.63, 3.8) is 0 Å². The Bertz CT molecular complexity index is 626. The predicted molar refractivity (Wildman–Crippen MR) is 72.6 cm³/mol. The van der Waals surface area contributed by atoms with Gasteiger partial charge < -0.3 is 14.8 Å². The molecule has 0 fully saturated rings. The number of nitrogens with zero attached hydrogens (tertiary/aromatic N) is 2. The highest BCUT2D eigenvalue weighted by atomic mass is 35.5. The van der Waals surface area contributed by atoms with E-state index in [1.165, 1.54) is 0 Å². The van der Waals surface area contributed by atoms with Crippen LogP contribution in [0.2, 0.25) is 10.3 Å². The molecule has 5 nitrogen and oxygen atoms in total. The SMILES string of the molecule is Cc1c(Cl)nc(Nc2ccc3c(c2)OCO3)nc1Cl. The first kappa shape index (κ1) is 12.3. The Morgan fingerprint density at radius 2 is 1.79 bits per heavy atom. The monoisotopic (exact) mass is 297 g/mol. The van der Waals surface area contributed by atoms with E-state index in [2.05, 4.69) is 15.3 Å². The molecule has 3 rings (SSSR count). The molecule has 0 saturated heterocycles. The molecule has 98 valence electrons. The quantitative estimate of drug-likeness (QED) is 0.859. The van der Waals surface area contributed by atoms with E-state index in [9.17, 15) is 0 Å². The first-order valence-corrected chi connectivity index (χ1v) is 6.25. The molecule has 0 atom stereocenters. The molecule has 0 saturated carbocycles. The lowest BCUT2D eigenvalue weighted by molar-refractivity contribution is 0.174. The van der Waals surface area contributed by atoms with Crippen molar-refractivity contribution >= 4 is 34.8 Å². The molecular formula is C12H9Cl2N3O2. The molecule has 19 heavy (non-hydrogen) atoms. The molecule has 1 aliphatic rings. The van der Waals surface area contributed by atoms with Gasteiger partial charge in [-0.05, 0) is 19.1 Å². The maximum absolute atomic E-state index is 5.96. The summed E-state index contributed by atoms with van der Waals surface area (Å²) >= 11 is 11.9. The van der Waals surface area contributed by atoms with Crippen molar-refractivity contribution < 1.29 is 9.47 Å². The summed E-state index contributed by atoms with van der Waals surface area (Å²) in [7, 11) is 0. The Labute approximate surface area is 119 Å². The zero-order valence-electron chi connectivity index (χ0n) is 9.91. The van der Waals surface area contributed by atoms with Gasteiger partial charge in [-0.3, -0.25) is 0 Å². The van der Waals surface area contributed by atoms with Gasteiger partial charge in [0.2, 0.25) is 12.7 Å². The Balaban J connectivity index is 1.89. The van der Waals surface area contributed by atoms with Gasteiger partial charge in [-0.1, -0.05) is 23.2 Å². The van der Waals surface area contributed by atoms with Gasteiger partial charge in [0.15, 0.2) is 11.5 Å². The molecule has 2 aromatic rings. The number of rotatable bonds is 2. The molecule has 1 aromatic heterocycles. The number of benzene rings is 1. The topological polar surface area (TPSA) is 56.3 Å². The van der Waals surface area contributed by atoms with Crippen molar-refractivity contribution in [3.05, 3.63) is 34.1 Å². The van der Waals surface area contributed by atoms with E-state index in [0.717, 1.165) is 5.69 Å². The van der Waals surface area contributed by atoms with Gasteiger partial charge in [0.25, 0.3) is 0 Å². The number of nitrogens with one attached hydrogen (secondary N) is 1. The minimum atomic E-state index is 0.234. The summed E-state index contributed by atoms with van der Waals surface area (Å²) in [4.78, 5) is 8.22. The van der Waals surface area contributed by atoms with Crippen LogP contribution < -0.4 is 14.8 Å². The lowest BCUT2D eigenvalue weighted by atomic mass is 10.3. The summed E-state index contributed by atoms with van der Waals surface area (Å²) < 4.78 is 10.5. The van der Waals surface area contributed by atoms with E-state index in [1.807, 2.05) is 12.1 Å². The van der Waals surface area contributed by atoms with Crippen molar-refractivity contribution in [3.8, 4) is 11.5 Å². The molecule has 1 aromatic carbocycles. The van der Waals surface area contributed by atoms with Gasteiger partial charge in [-0.15, -0.1) is 0 Å². The van der Waals surface area contributed by atoms with Gasteiger partial charge in [0, 0.05) is 17.3 Å². The van der Waals surface area contributed by atoms with Gasteiger partial charge in [0.1, 0.15) is 10.3 Å². The number of halogens is 2. The summed E-state index contributed by atoms with van der Waals surface area (Å²) in [5.41, 5.74) is 1.42. The molecular weight excluding hydrogens is 289 g/mol. The number of aromatic nitrogens is 2. The van der Waals surface area contributed by atoms with E-state index >= 15 is 0 Å². The van der Waals surface area contributed by atoms with Crippen LogP contribution in [0.25, 0.3) is 0 Å². The molecule has 0 bridgehead atoms. The maximum atomic E-state index is 5.96. The fourth-order valence-electron chi connectivity index (χ4n) is 1.62. The maximum Gasteiger partial charge on any atom is 0.231 e. The van der Waals surface area contributed by atoms with Crippen LogP contribution in [0, 0.1) is 6.92 Å². The third kappa shape index (κ3) is 2.39. The Kier molecular flexibility index (Phi) is 3.08. The summed E-state index contributed by atoms with van der Waals surface area (Å²) in [6.45, 7) is 1.99. The number of fused-ring (bicyclic) bond motifs is 1. The van der Waals surface area contributed by atoms with Crippen LogP contribution in [-0.4, -0.2) is 16.8 Å². The van der Waals surface area contributed by atoms with E-state index in [-0.39, 0.29) is 6.79 Å². The molecule has 1 N–H and O–H groups in total. The zero-order chi connectivity index (χ0) is 13.4. The molecule has 0 radical (unpaired) electrons. The van der Waals surface area contributed by atoms with Crippen LogP contribution in [0.5, 0.6) is 11.5 Å². The van der Waals surface area contributed by atoms with Gasteiger partial charge >= 0.3 is 0 Å². The normalized spacial score (nSPS) is 12.6. The molecule has 0 aliphatic carbocycles. The fourth-order valence-corrected chi connectivity index (χ4v) is 2.01. The van der Waals surface area contributed by atoms with Crippen molar-refractivity contribution in [2.45, 2.75) is 6.92 Å². The van der Waals surface area contributed by atoms with Crippen LogP contribution in [-0.2, 0) is 0 Å². The van der Waals surface area contributed by atoms with Crippen LogP contribution in [0.15, 0.2) is 18.2 Å². The summed E-state index contributed by atoms with van der Waals surface area (Å²) in [6.07, 6.45) is 0. The molecule has 2 heterocycles. The third-order valence-corrected chi connectivity index (χ3v) is 3.39. The van der Waals surface area contributed by atoms with Crippen molar-refractivity contribution in [1.82, 2.24) is 9.97 Å². The summed E-state index contributed by atoms with van der Waals surface area (Å²) in [6, 6.07) is 5.44. The Hall–Kier alpha value is -1.72. The second kappa shape index (κ2) is 4.75. The second-order valence-corrected chi connectivity index (χ2v) is 4.66. The van der Waals surface area contributed by atoms with Crippen LogP contribution in [0.3, 0.4) is 0 Å². The lowest BCUT2D eigenvalue weighted by Gasteiger charge is -2.07. The number of hydrogen-bond donors (Lipinski definition) is 1. The van der Waals surface area contributed by atoms with Crippen LogP contribution in [0.1, 0.15) is 5.56 Å². The standard InChI is InChI=1S/C12H9Cl2N3O2/c1-6-10(13)16-12(17-11(6)14)15-7-2-3-8-9(4-7)19-5-18-8/h2-4H,5H2,1H3,(H,15,16,17). The molecule has 0 spiro atoms. The fraction of sp³-hybridized carbons (Fsp3) is 0.167. The number of anilines is 2. The average molecular weight is 298 g/mol. The highest BCUT2D eigenvalue weighted by Gasteiger charge is 2.14. The molecule has 0 amide bonds.